The molecule has 3 aromatic rings. The van der Waals surface area contributed by atoms with E-state index >= 15 is 0 Å². The standard InChI is InChI=1S/C26H22F3N3O4/c1-4-36-24(34)21-15(2)10-20-22(21)17(14-32(3)23(20)33)8-9-25(35,26(27,28)29)19-7-5-6-16(11-19)18-12-30-31-13-18/h5-7,11-14,35H,4,10H2,1-3H3,(H,30,31). The minimum absolute atomic E-state index is 0.000618. The number of aryl methyl sites for hydroxylation is 1. The summed E-state index contributed by atoms with van der Waals surface area (Å²) in [5.74, 6) is 3.72. The number of carbonyl (C=O) groups is 1. The van der Waals surface area contributed by atoms with E-state index < -0.39 is 28.9 Å². The molecule has 1 aliphatic rings. The van der Waals surface area contributed by atoms with Gasteiger partial charge in [-0.25, -0.2) is 4.79 Å². The summed E-state index contributed by atoms with van der Waals surface area (Å²) < 4.78 is 49.0. The zero-order chi connectivity index (χ0) is 26.3. The van der Waals surface area contributed by atoms with E-state index in [-0.39, 0.29) is 35.3 Å². The fraction of sp³-hybridized carbons (Fsp3) is 0.269. The summed E-state index contributed by atoms with van der Waals surface area (Å²) in [7, 11) is 1.44. The van der Waals surface area contributed by atoms with Crippen molar-refractivity contribution in [1.29, 1.82) is 0 Å². The van der Waals surface area contributed by atoms with Gasteiger partial charge in [0.25, 0.3) is 5.56 Å². The first-order valence-electron chi connectivity index (χ1n) is 11.0. The second kappa shape index (κ2) is 9.17. The number of aromatic nitrogens is 3. The molecule has 2 heterocycles. The molecule has 2 aromatic heterocycles. The maximum absolute atomic E-state index is 14.2. The highest BCUT2D eigenvalue weighted by Crippen LogP contribution is 2.40. The monoisotopic (exact) mass is 497 g/mol. The lowest BCUT2D eigenvalue weighted by Gasteiger charge is -2.26. The number of nitrogens with one attached hydrogen (secondary N) is 1. The number of esters is 1. The van der Waals surface area contributed by atoms with Gasteiger partial charge >= 0.3 is 12.1 Å². The van der Waals surface area contributed by atoms with Gasteiger partial charge in [-0.2, -0.15) is 18.3 Å². The second-order valence-electron chi connectivity index (χ2n) is 8.39. The molecule has 0 aliphatic heterocycles. The molecule has 0 saturated heterocycles. The van der Waals surface area contributed by atoms with E-state index in [0.717, 1.165) is 6.07 Å². The van der Waals surface area contributed by atoms with E-state index in [1.165, 1.54) is 42.3 Å². The van der Waals surface area contributed by atoms with E-state index in [0.29, 0.717) is 16.7 Å². The highest BCUT2D eigenvalue weighted by Gasteiger charge is 2.54. The van der Waals surface area contributed by atoms with Crippen molar-refractivity contribution in [2.45, 2.75) is 32.0 Å². The predicted molar refractivity (Wildman–Crippen MR) is 125 cm³/mol. The lowest BCUT2D eigenvalue weighted by atomic mass is 9.90. The molecular weight excluding hydrogens is 475 g/mol. The van der Waals surface area contributed by atoms with Crippen LogP contribution < -0.4 is 5.56 Å². The number of ether oxygens (including phenoxy) is 1. The van der Waals surface area contributed by atoms with Crippen molar-refractivity contribution in [3.05, 3.63) is 81.0 Å². The van der Waals surface area contributed by atoms with Gasteiger partial charge in [0.05, 0.1) is 18.4 Å². The Hall–Kier alpha value is -4.10. The predicted octanol–water partition coefficient (Wildman–Crippen LogP) is 3.47. The summed E-state index contributed by atoms with van der Waals surface area (Å²) in [6.07, 6.45) is -0.811. The number of hydrogen-bond donors (Lipinski definition) is 2. The topological polar surface area (TPSA) is 97.2 Å². The number of carbonyl (C=O) groups excluding carboxylic acids is 1. The largest absolute Gasteiger partial charge is 0.462 e. The van der Waals surface area contributed by atoms with Gasteiger partial charge in [-0.3, -0.25) is 9.89 Å². The zero-order valence-electron chi connectivity index (χ0n) is 19.7. The Labute approximate surface area is 204 Å². The summed E-state index contributed by atoms with van der Waals surface area (Å²) in [4.78, 5) is 25.3. The molecule has 7 nitrogen and oxygen atoms in total. The second-order valence-corrected chi connectivity index (χ2v) is 8.39. The number of allylic oxidation sites excluding steroid dienone is 1. The van der Waals surface area contributed by atoms with Gasteiger partial charge in [0.15, 0.2) is 0 Å². The van der Waals surface area contributed by atoms with Crippen molar-refractivity contribution in [3.8, 4) is 23.0 Å². The molecule has 0 saturated carbocycles. The quantitative estimate of drug-likeness (QED) is 0.425. The van der Waals surface area contributed by atoms with Crippen molar-refractivity contribution in [1.82, 2.24) is 14.8 Å². The maximum atomic E-state index is 14.2. The molecule has 0 fully saturated rings. The van der Waals surface area contributed by atoms with Crippen molar-refractivity contribution in [2.24, 2.45) is 7.05 Å². The third-order valence-corrected chi connectivity index (χ3v) is 5.97. The molecule has 0 amide bonds. The number of pyridine rings is 1. The van der Waals surface area contributed by atoms with Crippen LogP contribution in [0, 0.1) is 11.8 Å². The minimum Gasteiger partial charge on any atom is -0.462 e. The molecule has 10 heteroatoms. The van der Waals surface area contributed by atoms with E-state index in [1.54, 1.807) is 19.9 Å². The summed E-state index contributed by atoms with van der Waals surface area (Å²) in [6.45, 7) is 3.35. The van der Waals surface area contributed by atoms with Gasteiger partial charge in [-0.05, 0) is 31.4 Å². The van der Waals surface area contributed by atoms with E-state index in [9.17, 15) is 27.9 Å². The Morgan fingerprint density at radius 3 is 2.69 bits per heavy atom. The maximum Gasteiger partial charge on any atom is 0.433 e. The van der Waals surface area contributed by atoms with E-state index in [4.69, 9.17) is 4.74 Å². The number of H-pyrrole nitrogens is 1. The first kappa shape index (κ1) is 25.0. The van der Waals surface area contributed by atoms with Crippen LogP contribution in [0.5, 0.6) is 0 Å². The molecule has 1 aromatic carbocycles. The number of benzene rings is 1. The highest BCUT2D eigenvalue weighted by molar-refractivity contribution is 6.19. The average Bonchev–Trinajstić information content (AvgIpc) is 3.48. The normalized spacial score (nSPS) is 14.6. The van der Waals surface area contributed by atoms with Crippen LogP contribution in [0.25, 0.3) is 16.7 Å². The highest BCUT2D eigenvalue weighted by atomic mass is 19.4. The number of nitrogens with zero attached hydrogens (tertiary/aromatic N) is 2. The Morgan fingerprint density at radius 1 is 1.31 bits per heavy atom. The van der Waals surface area contributed by atoms with Crippen LogP contribution in [-0.4, -0.2) is 38.6 Å². The van der Waals surface area contributed by atoms with Crippen LogP contribution in [0.2, 0.25) is 0 Å². The number of aliphatic hydroxyl groups is 1. The van der Waals surface area contributed by atoms with E-state index in [1.807, 2.05) is 5.92 Å². The van der Waals surface area contributed by atoms with Crippen LogP contribution in [0.1, 0.15) is 36.1 Å². The molecule has 1 unspecified atom stereocenters. The van der Waals surface area contributed by atoms with Crippen LogP contribution in [-0.2, 0) is 28.6 Å². The van der Waals surface area contributed by atoms with Gasteiger partial charge in [-0.15, -0.1) is 0 Å². The van der Waals surface area contributed by atoms with Gasteiger partial charge in [0.2, 0.25) is 5.60 Å². The van der Waals surface area contributed by atoms with Crippen LogP contribution in [0.15, 0.2) is 53.2 Å². The molecule has 0 spiro atoms. The Kier molecular flexibility index (Phi) is 6.37. The zero-order valence-corrected chi connectivity index (χ0v) is 19.7. The molecule has 2 N–H and O–H groups in total. The number of aromatic amines is 1. The van der Waals surface area contributed by atoms with Crippen molar-refractivity contribution < 1.29 is 27.8 Å². The van der Waals surface area contributed by atoms with Gasteiger partial charge in [0, 0.05) is 53.7 Å². The van der Waals surface area contributed by atoms with Crippen LogP contribution >= 0.6 is 0 Å². The number of halogens is 3. The number of alkyl halides is 3. The molecule has 4 rings (SSSR count). The molecular formula is C26H22F3N3O4. The summed E-state index contributed by atoms with van der Waals surface area (Å²) in [5, 5.41) is 17.3. The van der Waals surface area contributed by atoms with Crippen LogP contribution in [0.3, 0.4) is 0 Å². The summed E-state index contributed by atoms with van der Waals surface area (Å²) in [5.41, 5.74) is -2.45. The average molecular weight is 497 g/mol. The van der Waals surface area contributed by atoms with Crippen molar-refractivity contribution >= 4 is 11.5 Å². The van der Waals surface area contributed by atoms with Gasteiger partial charge in [-0.1, -0.05) is 29.7 Å². The molecule has 0 bridgehead atoms. The van der Waals surface area contributed by atoms with E-state index in [2.05, 4.69) is 16.1 Å². The van der Waals surface area contributed by atoms with Crippen molar-refractivity contribution in [2.75, 3.05) is 6.61 Å². The fourth-order valence-electron chi connectivity index (χ4n) is 4.19. The smallest absolute Gasteiger partial charge is 0.433 e. The summed E-state index contributed by atoms with van der Waals surface area (Å²) >= 11 is 0. The molecule has 1 aliphatic carbocycles. The summed E-state index contributed by atoms with van der Waals surface area (Å²) in [6, 6.07) is 5.28. The lowest BCUT2D eigenvalue weighted by Crippen LogP contribution is -2.41. The molecule has 0 radical (unpaired) electrons. The van der Waals surface area contributed by atoms with Gasteiger partial charge in [0.1, 0.15) is 0 Å². The number of fused-ring (bicyclic) bond motifs is 1. The molecule has 1 atom stereocenters. The third kappa shape index (κ3) is 4.22. The fourth-order valence-corrected chi connectivity index (χ4v) is 4.19. The van der Waals surface area contributed by atoms with Crippen LogP contribution in [0.4, 0.5) is 13.2 Å². The SMILES string of the molecule is CCOC(=O)C1=C(C)Cc2c1c(C#CC(O)(c1cccc(-c3cn[nH]c3)c1)C(F)(F)F)cn(C)c2=O. The van der Waals surface area contributed by atoms with Crippen molar-refractivity contribution in [3.63, 3.8) is 0 Å². The molecule has 186 valence electrons. The Bertz CT molecular complexity index is 1490. The number of hydrogen-bond acceptors (Lipinski definition) is 5. The Morgan fingerprint density at radius 2 is 2.06 bits per heavy atom. The third-order valence-electron chi connectivity index (χ3n) is 5.97. The number of rotatable bonds is 4. The minimum atomic E-state index is -5.16. The van der Waals surface area contributed by atoms with Gasteiger partial charge < -0.3 is 14.4 Å². The first-order chi connectivity index (χ1) is 17.0. The lowest BCUT2D eigenvalue weighted by molar-refractivity contribution is -0.240. The molecule has 36 heavy (non-hydrogen) atoms. The first-order valence-corrected chi connectivity index (χ1v) is 11.0. The Balaban J connectivity index is 1.90.